The third kappa shape index (κ3) is 7.57. The number of aromatic nitrogens is 3. The Bertz CT molecular complexity index is 791. The third-order valence-electron chi connectivity index (χ3n) is 3.86. The number of rotatable bonds is 5. The van der Waals surface area contributed by atoms with Crippen LogP contribution in [0.2, 0.25) is 10.0 Å². The summed E-state index contributed by atoms with van der Waals surface area (Å²) in [6.07, 6.45) is 22.0. The molecule has 0 saturated heterocycles. The number of hydrogen-bond donors (Lipinski definition) is 0. The molecule has 0 spiro atoms. The van der Waals surface area contributed by atoms with Crippen molar-refractivity contribution < 1.29 is 21.9 Å². The molecule has 0 atom stereocenters. The van der Waals surface area contributed by atoms with E-state index in [1.807, 2.05) is 44.9 Å². The van der Waals surface area contributed by atoms with Gasteiger partial charge >= 0.3 is 17.1 Å². The van der Waals surface area contributed by atoms with Gasteiger partial charge in [0.05, 0.1) is 12.5 Å². The van der Waals surface area contributed by atoms with Crippen molar-refractivity contribution in [1.29, 1.82) is 0 Å². The van der Waals surface area contributed by atoms with E-state index in [1.54, 1.807) is 48.1 Å². The molecule has 146 valence electrons. The Kier molecular flexibility index (Phi) is 10.4. The van der Waals surface area contributed by atoms with Crippen molar-refractivity contribution in [3.05, 3.63) is 116 Å². The van der Waals surface area contributed by atoms with Gasteiger partial charge in [0.1, 0.15) is 12.7 Å². The molecule has 2 saturated carbocycles. The van der Waals surface area contributed by atoms with Gasteiger partial charge in [-0.3, -0.25) is 4.79 Å². The van der Waals surface area contributed by atoms with Gasteiger partial charge in [-0.05, 0) is 81.6 Å². The predicted octanol–water partition coefficient (Wildman–Crippen LogP) is 4.66. The van der Waals surface area contributed by atoms with Crippen LogP contribution in [0.3, 0.4) is 0 Å². The fourth-order valence-electron chi connectivity index (χ4n) is 2.51. The van der Waals surface area contributed by atoms with Crippen LogP contribution in [0.15, 0.2) is 36.4 Å². The summed E-state index contributed by atoms with van der Waals surface area (Å²) in [6, 6.07) is 5.17. The van der Waals surface area contributed by atoms with Crippen LogP contribution >= 0.6 is 23.2 Å². The zero-order chi connectivity index (χ0) is 19.8. The molecular formula is C22H17Cl2FeN3O+2. The van der Waals surface area contributed by atoms with Crippen molar-refractivity contribution in [3.63, 3.8) is 0 Å². The Morgan fingerprint density at radius 2 is 1.66 bits per heavy atom. The number of carbonyl (C=O) groups excluding carboxylic acids is 1. The molecule has 0 amide bonds. The van der Waals surface area contributed by atoms with Gasteiger partial charge in [0, 0.05) is 15.6 Å². The first-order chi connectivity index (χ1) is 13.6. The number of benzene rings is 1. The molecule has 4 rings (SSSR count). The number of ketones is 1. The molecule has 0 bridgehead atoms. The van der Waals surface area contributed by atoms with Gasteiger partial charge in [-0.15, -0.1) is 0 Å². The van der Waals surface area contributed by atoms with E-state index in [9.17, 15) is 4.79 Å². The van der Waals surface area contributed by atoms with Crippen LogP contribution < -0.4 is 0 Å². The quantitative estimate of drug-likeness (QED) is 0.476. The van der Waals surface area contributed by atoms with Crippen molar-refractivity contribution in [1.82, 2.24) is 14.8 Å². The maximum Gasteiger partial charge on any atom is 2.00 e. The van der Waals surface area contributed by atoms with Crippen molar-refractivity contribution in [2.75, 3.05) is 0 Å². The van der Waals surface area contributed by atoms with Crippen LogP contribution in [-0.4, -0.2) is 20.5 Å². The molecule has 4 nitrogen and oxygen atoms in total. The molecule has 2 fully saturated rings. The van der Waals surface area contributed by atoms with E-state index in [-0.39, 0.29) is 22.9 Å². The molecule has 0 N–H and O–H groups in total. The summed E-state index contributed by atoms with van der Waals surface area (Å²) in [4.78, 5) is 16.6. The van der Waals surface area contributed by atoms with Gasteiger partial charge in [-0.1, -0.05) is 29.3 Å². The molecule has 1 aromatic carbocycles. The first kappa shape index (κ1) is 24.1. The Labute approximate surface area is 193 Å². The minimum Gasteiger partial charge on any atom is -0.294 e. The van der Waals surface area contributed by atoms with Gasteiger partial charge in [0.2, 0.25) is 0 Å². The Hall–Kier alpha value is -1.13. The molecular weight excluding hydrogens is 449 g/mol. The van der Waals surface area contributed by atoms with Crippen molar-refractivity contribution in [2.45, 2.75) is 6.54 Å². The molecule has 7 heteroatoms. The molecule has 0 aliphatic heterocycles. The molecule has 10 radical (unpaired) electrons. The second kappa shape index (κ2) is 12.5. The zero-order valence-corrected chi connectivity index (χ0v) is 17.8. The van der Waals surface area contributed by atoms with E-state index in [0.29, 0.717) is 28.1 Å². The molecule has 1 heterocycles. The zero-order valence-electron chi connectivity index (χ0n) is 15.2. The number of allylic oxidation sites excluding steroid dienone is 1. The topological polar surface area (TPSA) is 47.8 Å². The first-order valence-electron chi connectivity index (χ1n) is 8.54. The molecule has 1 aromatic heterocycles. The molecule has 2 aromatic rings. The van der Waals surface area contributed by atoms with Gasteiger partial charge in [-0.25, -0.2) is 9.67 Å². The fourth-order valence-corrected chi connectivity index (χ4v) is 2.97. The van der Waals surface area contributed by atoms with Crippen molar-refractivity contribution in [2.24, 2.45) is 0 Å². The van der Waals surface area contributed by atoms with Gasteiger partial charge in [0.25, 0.3) is 0 Å². The Balaban J connectivity index is 0.000000437. The smallest absolute Gasteiger partial charge is 0.294 e. The summed E-state index contributed by atoms with van der Waals surface area (Å²) < 4.78 is 1.59. The molecule has 2 aliphatic carbocycles. The van der Waals surface area contributed by atoms with E-state index in [0.717, 1.165) is 5.56 Å². The number of halogens is 2. The maximum absolute atomic E-state index is 12.7. The van der Waals surface area contributed by atoms with Crippen LogP contribution in [0.25, 0.3) is 6.08 Å². The molecule has 2 aliphatic rings. The van der Waals surface area contributed by atoms with Gasteiger partial charge in [-0.2, -0.15) is 5.10 Å². The van der Waals surface area contributed by atoms with E-state index in [4.69, 9.17) is 23.2 Å². The van der Waals surface area contributed by atoms with Crippen LogP contribution in [0, 0.1) is 63.7 Å². The largest absolute Gasteiger partial charge is 2.00 e. The average Bonchev–Trinajstić information content (AvgIpc) is 3.46. The number of carbonyl (C=O) groups is 1. The van der Waals surface area contributed by atoms with Gasteiger partial charge in [0.15, 0.2) is 5.78 Å². The average molecular weight is 466 g/mol. The molecule has 29 heavy (non-hydrogen) atoms. The monoisotopic (exact) mass is 465 g/mol. The van der Waals surface area contributed by atoms with E-state index < -0.39 is 0 Å². The first-order valence-corrected chi connectivity index (χ1v) is 9.30. The predicted molar refractivity (Wildman–Crippen MR) is 111 cm³/mol. The number of Topliss-reactive ketones (excluding diaryl/α,β-unsaturated/α-hetero) is 1. The summed E-state index contributed by atoms with van der Waals surface area (Å²) in [7, 11) is 0. The van der Waals surface area contributed by atoms with E-state index in [2.05, 4.69) is 10.1 Å². The third-order valence-corrected chi connectivity index (χ3v) is 4.43. The Morgan fingerprint density at radius 1 is 1.00 bits per heavy atom. The van der Waals surface area contributed by atoms with Crippen LogP contribution in [0.5, 0.6) is 0 Å². The summed E-state index contributed by atoms with van der Waals surface area (Å²) in [5.74, 6) is 0.554. The van der Waals surface area contributed by atoms with Gasteiger partial charge < -0.3 is 0 Å². The summed E-state index contributed by atoms with van der Waals surface area (Å²) in [5.41, 5.74) is 1.29. The summed E-state index contributed by atoms with van der Waals surface area (Å²) in [5, 5.41) is 5.09. The second-order valence-corrected chi connectivity index (χ2v) is 6.74. The van der Waals surface area contributed by atoms with E-state index in [1.165, 1.54) is 6.33 Å². The van der Waals surface area contributed by atoms with Crippen LogP contribution in [0.1, 0.15) is 5.56 Å². The molecule has 0 unspecified atom stereocenters. The fraction of sp³-hybridized carbons (Fsp3) is 0.0455. The standard InChI is InChI=1S/C17H12Cl2N3O.C5H5.Fe/c18-15-6-5-13(16(19)8-15)7-14(9-22-11-20-10-21-22)17(23)12-3-1-2-4-12;1-2-4-5-3-1;/h1-8,10-11H,9H2;1-5H;/q;;+2/b14-7+;;. The minimum absolute atomic E-state index is 0. The summed E-state index contributed by atoms with van der Waals surface area (Å²) in [6.45, 7) is 0.309. The Morgan fingerprint density at radius 3 is 2.21 bits per heavy atom. The minimum atomic E-state index is -0.0727. The summed E-state index contributed by atoms with van der Waals surface area (Å²) >= 11 is 12.1. The number of hydrogen-bond acceptors (Lipinski definition) is 3. The van der Waals surface area contributed by atoms with Crippen molar-refractivity contribution >= 4 is 35.1 Å². The number of nitrogens with zero attached hydrogens (tertiary/aromatic N) is 3. The van der Waals surface area contributed by atoms with Crippen molar-refractivity contribution in [3.8, 4) is 0 Å². The maximum atomic E-state index is 12.7. The van der Waals surface area contributed by atoms with Crippen LogP contribution in [-0.2, 0) is 28.4 Å². The van der Waals surface area contributed by atoms with E-state index >= 15 is 0 Å². The van der Waals surface area contributed by atoms with Crippen LogP contribution in [0.4, 0.5) is 0 Å². The second-order valence-electron chi connectivity index (χ2n) is 5.89. The normalized spacial score (nSPS) is 16.8. The SMILES string of the molecule is O=C([C]1[CH][CH][CH][CH]1)/C(=C/c1ccc(Cl)cc1Cl)Cn1cncn1.[CH]1[CH][CH][CH][CH]1.[Fe+2].